The van der Waals surface area contributed by atoms with E-state index in [4.69, 9.17) is 29.4 Å². The third kappa shape index (κ3) is 22.3. The van der Waals surface area contributed by atoms with Crippen molar-refractivity contribution in [1.82, 2.24) is 0 Å². The van der Waals surface area contributed by atoms with E-state index >= 15 is 0 Å². The molecule has 1 aromatic rings. The van der Waals surface area contributed by atoms with Gasteiger partial charge in [0.1, 0.15) is 11.6 Å². The largest absolute Gasteiger partial charge is 0.423 e. The second kappa shape index (κ2) is 26.7. The smallest absolute Gasteiger partial charge is 0.313 e. The third-order valence-electron chi connectivity index (χ3n) is 4.12. The monoisotopic (exact) mass is 591 g/mol. The number of hydrogen-bond donors (Lipinski definition) is 1. The summed E-state index contributed by atoms with van der Waals surface area (Å²) < 4.78 is 92.6. The van der Waals surface area contributed by atoms with E-state index in [0.29, 0.717) is 59.8 Å². The summed E-state index contributed by atoms with van der Waals surface area (Å²) in [6.07, 6.45) is 0.0784. The van der Waals surface area contributed by atoms with E-state index in [0.717, 1.165) is 0 Å². The summed E-state index contributed by atoms with van der Waals surface area (Å²) in [5.41, 5.74) is 4.82. The fraction of sp³-hybridized carbons (Fsp3) is 0.640. The number of halogens is 5. The predicted molar refractivity (Wildman–Crippen MR) is 133 cm³/mol. The number of ketones is 2. The molecule has 0 fully saturated rings. The van der Waals surface area contributed by atoms with Crippen LogP contribution in [0, 0.1) is 23.3 Å². The Bertz CT molecular complexity index is 847. The van der Waals surface area contributed by atoms with Crippen LogP contribution in [-0.4, -0.2) is 97.3 Å². The molecule has 0 spiro atoms. The molecule has 1 rings (SSSR count). The van der Waals surface area contributed by atoms with Gasteiger partial charge in [0.15, 0.2) is 17.4 Å². The van der Waals surface area contributed by atoms with Crippen molar-refractivity contribution in [3.05, 3.63) is 29.3 Å². The number of nitrogens with two attached hydrogens (primary N) is 1. The van der Waals surface area contributed by atoms with E-state index in [-0.39, 0.29) is 50.4 Å². The van der Waals surface area contributed by atoms with E-state index in [2.05, 4.69) is 4.74 Å². The van der Waals surface area contributed by atoms with Gasteiger partial charge in [0.25, 0.3) is 0 Å². The van der Waals surface area contributed by atoms with E-state index in [1.807, 2.05) is 0 Å². The molecule has 0 unspecified atom stereocenters. The summed E-state index contributed by atoms with van der Waals surface area (Å²) in [5, 5.41) is 0. The Balaban J connectivity index is 0. The summed E-state index contributed by atoms with van der Waals surface area (Å²) in [6, 6.07) is 0.252. The maximum absolute atomic E-state index is 13.4. The molecule has 0 saturated heterocycles. The molecule has 0 atom stereocenters. The average Bonchev–Trinajstić information content (AvgIpc) is 2.93. The van der Waals surface area contributed by atoms with Crippen LogP contribution in [0.1, 0.15) is 26.7 Å². The number of benzene rings is 1. The van der Waals surface area contributed by atoms with Crippen LogP contribution in [0.15, 0.2) is 6.07 Å². The van der Waals surface area contributed by atoms with Gasteiger partial charge < -0.3 is 34.2 Å². The lowest BCUT2D eigenvalue weighted by Gasteiger charge is -2.08. The predicted octanol–water partition coefficient (Wildman–Crippen LogP) is 2.72. The highest BCUT2D eigenvalue weighted by Crippen LogP contribution is 2.24. The van der Waals surface area contributed by atoms with Gasteiger partial charge in [0, 0.05) is 12.5 Å². The molecule has 0 saturated carbocycles. The third-order valence-corrected chi connectivity index (χ3v) is 4.12. The Morgan fingerprint density at radius 3 is 1.38 bits per heavy atom. The molecular weight excluding hydrogens is 553 g/mol. The summed E-state index contributed by atoms with van der Waals surface area (Å²) in [4.78, 5) is 32.0. The van der Waals surface area contributed by atoms with Crippen molar-refractivity contribution in [2.24, 2.45) is 5.73 Å². The molecule has 0 bridgehead atoms. The normalized spacial score (nSPS) is 10.2. The first kappa shape index (κ1) is 39.6. The Labute approximate surface area is 230 Å². The zero-order valence-electron chi connectivity index (χ0n) is 22.9. The van der Waals surface area contributed by atoms with Crippen molar-refractivity contribution in [2.75, 3.05) is 79.8 Å². The highest BCUT2D eigenvalue weighted by Gasteiger charge is 2.21. The minimum Gasteiger partial charge on any atom is -0.423 e. The lowest BCUT2D eigenvalue weighted by molar-refractivity contribution is -0.136. The average molecular weight is 592 g/mol. The molecule has 2 N–H and O–H groups in total. The van der Waals surface area contributed by atoms with Crippen molar-refractivity contribution in [1.29, 1.82) is 0 Å². The van der Waals surface area contributed by atoms with Crippen molar-refractivity contribution in [2.45, 2.75) is 26.7 Å². The molecule has 15 heteroatoms. The van der Waals surface area contributed by atoms with Gasteiger partial charge in [0.2, 0.25) is 11.6 Å². The van der Waals surface area contributed by atoms with Crippen LogP contribution < -0.4 is 10.5 Å². The lowest BCUT2D eigenvalue weighted by Crippen LogP contribution is -2.15. The van der Waals surface area contributed by atoms with Gasteiger partial charge in [0.05, 0.1) is 86.2 Å². The van der Waals surface area contributed by atoms with Gasteiger partial charge in [-0.3, -0.25) is 18.8 Å². The number of carbonyl (C=O) groups is 3. The Morgan fingerprint density at radius 1 is 0.625 bits per heavy atom. The van der Waals surface area contributed by atoms with Crippen molar-refractivity contribution < 1.29 is 64.8 Å². The maximum atomic E-state index is 13.4. The standard InChI is InChI=1S/C21H28F4O8.C3H7NO.CH3F/c1-15(26)2-4-28-6-8-30-10-12-32-13-11-31-9-7-29-5-3-18(27)33-17-14-16(22)19(23)21(25)20(17)24;1-3(5)2-4;1-2/h14H,2-13H2,1H3;2,4H2,1H3;1H3. The number of hydrogen-bond acceptors (Lipinski definition) is 10. The van der Waals surface area contributed by atoms with Crippen LogP contribution in [-0.2, 0) is 38.1 Å². The molecular formula is C25H38F5NO9. The van der Waals surface area contributed by atoms with E-state index in [1.54, 1.807) is 0 Å². The number of esters is 1. The van der Waals surface area contributed by atoms with Crippen LogP contribution in [0.2, 0.25) is 0 Å². The molecule has 0 heterocycles. The molecule has 0 aromatic heterocycles. The first-order valence-electron chi connectivity index (χ1n) is 12.1. The van der Waals surface area contributed by atoms with Gasteiger partial charge in [-0.25, -0.2) is 13.2 Å². The van der Waals surface area contributed by atoms with E-state index in [1.165, 1.54) is 13.8 Å². The molecule has 0 aliphatic carbocycles. The fourth-order valence-corrected chi connectivity index (χ4v) is 2.15. The Hall–Kier alpha value is -2.56. The van der Waals surface area contributed by atoms with Gasteiger partial charge in [-0.05, 0) is 13.8 Å². The summed E-state index contributed by atoms with van der Waals surface area (Å²) in [6.45, 7) is 6.09. The summed E-state index contributed by atoms with van der Waals surface area (Å²) in [7, 11) is 0.500. The summed E-state index contributed by atoms with van der Waals surface area (Å²) >= 11 is 0. The molecule has 0 amide bonds. The van der Waals surface area contributed by atoms with Crippen LogP contribution in [0.5, 0.6) is 5.75 Å². The molecule has 0 aliphatic rings. The summed E-state index contributed by atoms with van der Waals surface area (Å²) in [5.74, 6) is -9.44. The van der Waals surface area contributed by atoms with Crippen molar-refractivity contribution >= 4 is 17.5 Å². The second-order valence-corrected chi connectivity index (χ2v) is 7.44. The number of ether oxygens (including phenoxy) is 6. The number of alkyl halides is 1. The van der Waals surface area contributed by atoms with Crippen molar-refractivity contribution in [3.63, 3.8) is 0 Å². The number of rotatable bonds is 20. The zero-order valence-corrected chi connectivity index (χ0v) is 22.9. The minimum absolute atomic E-state index is 0.0324. The number of carbonyl (C=O) groups excluding carboxylic acids is 3. The van der Waals surface area contributed by atoms with Crippen LogP contribution in [0.3, 0.4) is 0 Å². The van der Waals surface area contributed by atoms with Gasteiger partial charge >= 0.3 is 5.97 Å². The maximum Gasteiger partial charge on any atom is 0.313 e. The lowest BCUT2D eigenvalue weighted by atomic mass is 10.3. The van der Waals surface area contributed by atoms with Crippen LogP contribution in [0.4, 0.5) is 22.0 Å². The first-order chi connectivity index (χ1) is 19.1. The quantitative estimate of drug-likeness (QED) is 0.0603. The Morgan fingerprint density at radius 2 is 1.00 bits per heavy atom. The van der Waals surface area contributed by atoms with Crippen LogP contribution >= 0.6 is 0 Å². The highest BCUT2D eigenvalue weighted by atomic mass is 19.2. The van der Waals surface area contributed by atoms with Gasteiger partial charge in [-0.15, -0.1) is 0 Å². The second-order valence-electron chi connectivity index (χ2n) is 7.44. The number of Topliss-reactive ketones (excluding diaryl/α,β-unsaturated/α-hetero) is 2. The molecule has 1 aromatic carbocycles. The minimum atomic E-state index is -2.06. The molecule has 0 aliphatic heterocycles. The SMILES string of the molecule is CC(=O)CCOCCOCCOCCOCCOCCC(=O)Oc1cc(F)c(F)c(F)c1F.CC(=O)CN.CF. The zero-order chi connectivity index (χ0) is 30.8. The van der Waals surface area contributed by atoms with E-state index in [9.17, 15) is 36.3 Å². The van der Waals surface area contributed by atoms with E-state index < -0.39 is 35.0 Å². The van der Waals surface area contributed by atoms with Gasteiger partial charge in [-0.1, -0.05) is 0 Å². The topological polar surface area (TPSA) is 133 Å². The molecule has 232 valence electrons. The Kier molecular flexibility index (Phi) is 26.4. The molecule has 0 radical (unpaired) electrons. The highest BCUT2D eigenvalue weighted by molar-refractivity contribution is 5.77. The van der Waals surface area contributed by atoms with Gasteiger partial charge in [-0.2, -0.15) is 4.39 Å². The fourth-order valence-electron chi connectivity index (χ4n) is 2.15. The van der Waals surface area contributed by atoms with Crippen LogP contribution in [0.25, 0.3) is 0 Å². The first-order valence-corrected chi connectivity index (χ1v) is 12.1. The van der Waals surface area contributed by atoms with Crippen molar-refractivity contribution in [3.8, 4) is 5.75 Å². The molecule has 40 heavy (non-hydrogen) atoms. The molecule has 10 nitrogen and oxygen atoms in total.